The summed E-state index contributed by atoms with van der Waals surface area (Å²) < 4.78 is 0. The molecule has 2 aliphatic heterocycles. The van der Waals surface area contributed by atoms with E-state index in [1.165, 1.54) is 18.4 Å². The van der Waals surface area contributed by atoms with E-state index in [-0.39, 0.29) is 5.54 Å². The van der Waals surface area contributed by atoms with Gasteiger partial charge < -0.3 is 20.1 Å². The predicted octanol–water partition coefficient (Wildman–Crippen LogP) is 2.40. The van der Waals surface area contributed by atoms with Crippen molar-refractivity contribution in [3.05, 3.63) is 54.5 Å². The van der Waals surface area contributed by atoms with Gasteiger partial charge in [0, 0.05) is 12.7 Å². The van der Waals surface area contributed by atoms with Gasteiger partial charge in [-0.1, -0.05) is 30.3 Å². The van der Waals surface area contributed by atoms with Gasteiger partial charge in [0.05, 0.1) is 11.4 Å². The van der Waals surface area contributed by atoms with E-state index in [9.17, 15) is 0 Å². The minimum absolute atomic E-state index is 0.244. The van der Waals surface area contributed by atoms with E-state index in [1.807, 2.05) is 12.3 Å². The molecule has 130 valence electrons. The van der Waals surface area contributed by atoms with Crippen molar-refractivity contribution < 1.29 is 0 Å². The molecule has 0 radical (unpaired) electrons. The number of fused-ring (bicyclic) bond motifs is 1. The summed E-state index contributed by atoms with van der Waals surface area (Å²) in [4.78, 5) is 16.9. The number of H-pyrrole nitrogens is 1. The molecule has 1 aliphatic carbocycles. The Bertz CT molecular complexity index is 1020. The third-order valence-corrected chi connectivity index (χ3v) is 6.49. The van der Waals surface area contributed by atoms with Crippen LogP contribution in [0, 0.1) is 0 Å². The number of nitrogens with one attached hydrogen (secondary N) is 2. The third-order valence-electron chi connectivity index (χ3n) is 6.15. The van der Waals surface area contributed by atoms with Gasteiger partial charge in [-0.15, -0.1) is 0 Å². The van der Waals surface area contributed by atoms with Crippen molar-refractivity contribution in [3.63, 3.8) is 0 Å². The van der Waals surface area contributed by atoms with Crippen LogP contribution >= 0.6 is 12.2 Å². The second-order valence-corrected chi connectivity index (χ2v) is 7.66. The van der Waals surface area contributed by atoms with Gasteiger partial charge >= 0.3 is 0 Å². The lowest BCUT2D eigenvalue weighted by atomic mass is 9.70. The molecular weight excluding hydrogens is 344 g/mol. The number of aromatic nitrogens is 3. The standard InChI is InChI=1S/C19H18N6S/c26-18(21-10-12-4-2-1-3-5-12)25-17-19(25)8-6-14(19)24(17)16-13-7-9-20-15(13)22-11-23-16/h1-5,7,9,11,14,17H,6,8,10H2,(H,21,26)(H,20,22,23). The van der Waals surface area contributed by atoms with E-state index in [4.69, 9.17) is 12.2 Å². The van der Waals surface area contributed by atoms with Crippen LogP contribution in [0.5, 0.6) is 0 Å². The highest BCUT2D eigenvalue weighted by Crippen LogP contribution is 2.68. The summed E-state index contributed by atoms with van der Waals surface area (Å²) in [5, 5.41) is 5.38. The first kappa shape index (κ1) is 14.5. The summed E-state index contributed by atoms with van der Waals surface area (Å²) in [6.07, 6.45) is 6.32. The second kappa shape index (κ2) is 4.94. The zero-order valence-corrected chi connectivity index (χ0v) is 14.9. The first-order chi connectivity index (χ1) is 12.8. The lowest BCUT2D eigenvalue weighted by Crippen LogP contribution is -2.67. The molecule has 0 bridgehead atoms. The topological polar surface area (TPSA) is 59.9 Å². The summed E-state index contributed by atoms with van der Waals surface area (Å²) in [5.74, 6) is 1.02. The van der Waals surface area contributed by atoms with Gasteiger partial charge in [0.2, 0.25) is 0 Å². The van der Waals surface area contributed by atoms with Gasteiger partial charge in [0.1, 0.15) is 29.5 Å². The largest absolute Gasteiger partial charge is 0.358 e. The van der Waals surface area contributed by atoms with Crippen molar-refractivity contribution in [2.75, 3.05) is 4.90 Å². The number of piperidine rings is 1. The van der Waals surface area contributed by atoms with Crippen molar-refractivity contribution >= 4 is 34.2 Å². The van der Waals surface area contributed by atoms with Crippen LogP contribution in [0.1, 0.15) is 18.4 Å². The normalized spacial score (nSPS) is 28.0. The molecule has 2 aromatic heterocycles. The van der Waals surface area contributed by atoms with Crippen molar-refractivity contribution in [2.24, 2.45) is 0 Å². The summed E-state index contributed by atoms with van der Waals surface area (Å²) >= 11 is 5.72. The number of aromatic amines is 1. The Balaban J connectivity index is 1.24. The first-order valence-electron chi connectivity index (χ1n) is 8.98. The number of nitrogens with zero attached hydrogens (tertiary/aromatic N) is 4. The quantitative estimate of drug-likeness (QED) is 0.551. The number of thiocarbonyl (C=S) groups is 1. The maximum Gasteiger partial charge on any atom is 0.171 e. The molecule has 7 heteroatoms. The monoisotopic (exact) mass is 362 g/mol. The molecule has 3 aromatic rings. The van der Waals surface area contributed by atoms with E-state index in [1.54, 1.807) is 6.33 Å². The number of anilines is 1. The van der Waals surface area contributed by atoms with Gasteiger partial charge in [-0.2, -0.15) is 0 Å². The molecule has 4 heterocycles. The zero-order chi connectivity index (χ0) is 17.3. The third kappa shape index (κ3) is 1.69. The first-order valence-corrected chi connectivity index (χ1v) is 9.39. The molecule has 6 rings (SSSR count). The van der Waals surface area contributed by atoms with Crippen LogP contribution in [-0.4, -0.2) is 42.7 Å². The Morgan fingerprint density at radius 1 is 1.27 bits per heavy atom. The van der Waals surface area contributed by atoms with Crippen LogP contribution in [0.15, 0.2) is 48.9 Å². The number of rotatable bonds is 3. The maximum absolute atomic E-state index is 5.72. The summed E-state index contributed by atoms with van der Waals surface area (Å²) in [5.41, 5.74) is 2.38. The Hall–Kier alpha value is -2.67. The molecule has 3 aliphatic rings. The number of hydrogen-bond acceptors (Lipinski definition) is 4. The Kier molecular flexibility index (Phi) is 2.76. The van der Waals surface area contributed by atoms with Crippen LogP contribution in [0.25, 0.3) is 11.0 Å². The minimum atomic E-state index is 0.244. The molecule has 3 unspecified atom stereocenters. The lowest BCUT2D eigenvalue weighted by molar-refractivity contribution is 0.202. The minimum Gasteiger partial charge on any atom is -0.358 e. The van der Waals surface area contributed by atoms with Crippen molar-refractivity contribution in [3.8, 4) is 0 Å². The lowest BCUT2D eigenvalue weighted by Gasteiger charge is -2.52. The van der Waals surface area contributed by atoms with E-state index in [0.29, 0.717) is 12.2 Å². The average Bonchev–Trinajstić information content (AvgIpc) is 3.09. The Labute approximate surface area is 156 Å². The van der Waals surface area contributed by atoms with Crippen LogP contribution < -0.4 is 10.2 Å². The Morgan fingerprint density at radius 3 is 2.96 bits per heavy atom. The summed E-state index contributed by atoms with van der Waals surface area (Å²) in [6.45, 7) is 0.763. The van der Waals surface area contributed by atoms with E-state index < -0.39 is 0 Å². The van der Waals surface area contributed by atoms with Crippen molar-refractivity contribution in [1.29, 1.82) is 0 Å². The molecule has 0 amide bonds. The molecule has 3 fully saturated rings. The van der Waals surface area contributed by atoms with Gasteiger partial charge in [-0.3, -0.25) is 0 Å². The smallest absolute Gasteiger partial charge is 0.171 e. The van der Waals surface area contributed by atoms with E-state index in [2.05, 4.69) is 60.4 Å². The average molecular weight is 362 g/mol. The second-order valence-electron chi connectivity index (χ2n) is 7.28. The maximum atomic E-state index is 5.72. The van der Waals surface area contributed by atoms with Crippen LogP contribution in [0.3, 0.4) is 0 Å². The van der Waals surface area contributed by atoms with Crippen LogP contribution in [0.4, 0.5) is 5.82 Å². The Morgan fingerprint density at radius 2 is 2.15 bits per heavy atom. The molecule has 1 spiro atoms. The van der Waals surface area contributed by atoms with E-state index in [0.717, 1.165) is 28.5 Å². The fourth-order valence-corrected chi connectivity index (χ4v) is 5.14. The SMILES string of the molecule is S=C(NCc1ccccc1)N1C2N(c3ncnc4[nH]ccc34)C3CCC321. The number of benzene rings is 1. The molecule has 1 saturated carbocycles. The van der Waals surface area contributed by atoms with Gasteiger partial charge in [-0.25, -0.2) is 9.97 Å². The molecule has 3 atom stereocenters. The van der Waals surface area contributed by atoms with Crippen LogP contribution in [0.2, 0.25) is 0 Å². The van der Waals surface area contributed by atoms with Crippen molar-refractivity contribution in [1.82, 2.24) is 25.2 Å². The fourth-order valence-electron chi connectivity index (χ4n) is 4.80. The molecule has 2 saturated heterocycles. The predicted molar refractivity (Wildman–Crippen MR) is 104 cm³/mol. The molecule has 6 nitrogen and oxygen atoms in total. The van der Waals surface area contributed by atoms with Crippen molar-refractivity contribution in [2.45, 2.75) is 37.1 Å². The molecule has 1 aromatic carbocycles. The van der Waals surface area contributed by atoms with Gasteiger partial charge in [-0.05, 0) is 36.7 Å². The van der Waals surface area contributed by atoms with E-state index >= 15 is 0 Å². The highest BCUT2D eigenvalue weighted by Gasteiger charge is 2.84. The highest BCUT2D eigenvalue weighted by molar-refractivity contribution is 7.80. The van der Waals surface area contributed by atoms with Crippen LogP contribution in [-0.2, 0) is 6.54 Å². The molecule has 2 N–H and O–H groups in total. The number of hydrogen-bond donors (Lipinski definition) is 2. The molecular formula is C19H18N6S. The fraction of sp³-hybridized carbons (Fsp3) is 0.316. The highest BCUT2D eigenvalue weighted by atomic mass is 32.1. The van der Waals surface area contributed by atoms with Gasteiger partial charge in [0.15, 0.2) is 5.11 Å². The summed E-state index contributed by atoms with van der Waals surface area (Å²) in [6, 6.07) is 13.0. The zero-order valence-electron chi connectivity index (χ0n) is 14.1. The summed E-state index contributed by atoms with van der Waals surface area (Å²) in [7, 11) is 0. The van der Waals surface area contributed by atoms with Gasteiger partial charge in [0.25, 0.3) is 0 Å². The molecule has 26 heavy (non-hydrogen) atoms.